The summed E-state index contributed by atoms with van der Waals surface area (Å²) in [6, 6.07) is 6.76. The van der Waals surface area contributed by atoms with Crippen molar-refractivity contribution in [2.75, 3.05) is 14.1 Å². The van der Waals surface area contributed by atoms with Gasteiger partial charge < -0.3 is 83.5 Å². The fourth-order valence-corrected chi connectivity index (χ4v) is 18.5. The summed E-state index contributed by atoms with van der Waals surface area (Å²) in [5, 5.41) is 139. The van der Waals surface area contributed by atoms with E-state index in [9.17, 15) is 40.9 Å². The lowest BCUT2D eigenvalue weighted by atomic mass is 9.83. The molecule has 23 heteroatoms. The van der Waals surface area contributed by atoms with Crippen molar-refractivity contribution in [2.24, 2.45) is 25.9 Å². The van der Waals surface area contributed by atoms with Crippen molar-refractivity contribution in [2.45, 2.75) is 322 Å². The highest BCUT2D eigenvalue weighted by Crippen LogP contribution is 2.33. The number of hydrogen-bond acceptors (Lipinski definition) is 20. The molecule has 0 bridgehead atoms. The van der Waals surface area contributed by atoms with E-state index in [1.807, 2.05) is 103 Å². The summed E-state index contributed by atoms with van der Waals surface area (Å²) in [6.07, 6.45) is 19.7. The summed E-state index contributed by atoms with van der Waals surface area (Å²) in [7, 11) is -1.74. The second-order valence-electron chi connectivity index (χ2n) is 29.1. The van der Waals surface area contributed by atoms with Crippen LogP contribution in [-0.4, -0.2) is 215 Å². The highest BCUT2D eigenvalue weighted by molar-refractivity contribution is 6.86. The van der Waals surface area contributed by atoms with Gasteiger partial charge in [0.05, 0.1) is 97.5 Å². The Bertz CT molecular complexity index is 2910. The lowest BCUT2D eigenvalue weighted by Crippen LogP contribution is -2.59. The zero-order valence-electron chi connectivity index (χ0n) is 74.6. The van der Waals surface area contributed by atoms with Crippen LogP contribution in [0.1, 0.15) is 198 Å². The van der Waals surface area contributed by atoms with E-state index in [0.29, 0.717) is 55.7 Å². The van der Waals surface area contributed by atoms with Gasteiger partial charge in [-0.05, 0) is 168 Å². The minimum absolute atomic E-state index is 0.0833. The van der Waals surface area contributed by atoms with Crippen molar-refractivity contribution >= 4 is 81.3 Å². The first-order chi connectivity index (χ1) is 50.2. The summed E-state index contributed by atoms with van der Waals surface area (Å²) >= 11 is 0. The summed E-state index contributed by atoms with van der Waals surface area (Å²) in [4.78, 5) is 16.6. The highest BCUT2D eigenvalue weighted by atomic mass is 28.3. The largest absolute Gasteiger partial charge is 0.390 e. The number of aliphatic imine (C=N–C) groups is 4. The third-order valence-corrected chi connectivity index (χ3v) is 35.4. The lowest BCUT2D eigenvalue weighted by Gasteiger charge is -2.42. The van der Waals surface area contributed by atoms with Crippen LogP contribution in [0.4, 0.5) is 0 Å². The quantitative estimate of drug-likeness (QED) is 0.0156. The van der Waals surface area contributed by atoms with E-state index in [-0.39, 0.29) is 58.0 Å². The molecule has 0 amide bonds. The normalized spacial score (nSPS) is 14.7. The van der Waals surface area contributed by atoms with Crippen LogP contribution in [0.25, 0.3) is 0 Å². The first-order valence-electron chi connectivity index (χ1n) is 38.5. The van der Waals surface area contributed by atoms with E-state index in [4.69, 9.17) is 42.7 Å². The first-order valence-corrected chi connectivity index (χ1v) is 47.3. The third-order valence-electron chi connectivity index (χ3n) is 20.1. The Morgan fingerprint density at radius 3 is 0.855 bits per heavy atom. The molecule has 0 rings (SSSR count). The molecule has 7 unspecified atom stereocenters. The summed E-state index contributed by atoms with van der Waals surface area (Å²) in [5.74, 6) is 0.166. The number of aliphatic hydroxyl groups excluding tert-OH is 3. The molecule has 0 aromatic heterocycles. The van der Waals surface area contributed by atoms with E-state index >= 15 is 0 Å². The van der Waals surface area contributed by atoms with Gasteiger partial charge in [-0.25, -0.2) is 0 Å². The molecule has 0 fully saturated rings. The van der Waals surface area contributed by atoms with Gasteiger partial charge in [0.15, 0.2) is 0 Å². The molecule has 0 aromatic rings. The van der Waals surface area contributed by atoms with E-state index in [0.717, 1.165) is 42.0 Å². The van der Waals surface area contributed by atoms with Crippen LogP contribution in [0.3, 0.4) is 0 Å². The Balaban J connectivity index is -0.000000127. The van der Waals surface area contributed by atoms with Gasteiger partial charge >= 0.3 is 0 Å². The highest BCUT2D eigenvalue weighted by Gasteiger charge is 2.47. The zero-order valence-corrected chi connectivity index (χ0v) is 77.6. The molecule has 0 spiro atoms. The van der Waals surface area contributed by atoms with Gasteiger partial charge in [-0.3, -0.25) is 20.0 Å². The van der Waals surface area contributed by atoms with E-state index in [1.54, 1.807) is 73.0 Å². The molecule has 16 N–H and O–H groups in total. The number of nitrogens with zero attached hydrogens (tertiary/aromatic N) is 4. The van der Waals surface area contributed by atoms with Crippen LogP contribution in [0, 0.1) is 38.4 Å². The van der Waals surface area contributed by atoms with Gasteiger partial charge in [-0.2, -0.15) is 0 Å². The van der Waals surface area contributed by atoms with Crippen molar-refractivity contribution in [1.82, 2.24) is 0 Å². The van der Waals surface area contributed by atoms with Crippen LogP contribution in [0.15, 0.2) is 172 Å². The molecule has 0 aliphatic carbocycles. The Hall–Kier alpha value is -6.17. The number of aliphatic hydroxyl groups is 10. The van der Waals surface area contributed by atoms with Gasteiger partial charge in [0.2, 0.25) is 0 Å². The van der Waals surface area contributed by atoms with E-state index < -0.39 is 74.9 Å². The van der Waals surface area contributed by atoms with Crippen molar-refractivity contribution in [3.05, 3.63) is 152 Å². The Kier molecular flexibility index (Phi) is 71.7. The molecule has 7 atom stereocenters. The van der Waals surface area contributed by atoms with Crippen molar-refractivity contribution in [3.8, 4) is 0 Å². The molecule has 0 saturated heterocycles. The molecular formula is C87H166N10O10Si3. The topological polar surface area (TPSA) is 395 Å². The van der Waals surface area contributed by atoms with Crippen LogP contribution >= 0.6 is 0 Å². The Morgan fingerprint density at radius 2 is 0.709 bits per heavy atom. The van der Waals surface area contributed by atoms with Gasteiger partial charge in [0.25, 0.3) is 0 Å². The maximum Gasteiger partial charge on any atom is 0.113 e. The summed E-state index contributed by atoms with van der Waals surface area (Å²) < 4.78 is 0. The van der Waals surface area contributed by atoms with Gasteiger partial charge in [-0.15, -0.1) is 13.2 Å². The predicted octanol–water partition coefficient (Wildman–Crippen LogP) is 18.4. The minimum Gasteiger partial charge on any atom is -0.390 e. The Morgan fingerprint density at radius 1 is 0.382 bits per heavy atom. The van der Waals surface area contributed by atoms with Crippen molar-refractivity contribution in [3.63, 3.8) is 0 Å². The summed E-state index contributed by atoms with van der Waals surface area (Å²) in [5.41, 5.74) is -0.985. The van der Waals surface area contributed by atoms with Crippen molar-refractivity contribution in [1.29, 1.82) is 32.5 Å². The van der Waals surface area contributed by atoms with Gasteiger partial charge in [0, 0.05) is 26.2 Å². The SMILES string of the molecule is C=CC(=N)C(C)(C)O.C=CC(=N)C(C)(O)CC.C=CC(=N)C(C)(O)[Si](C)(C)C.C=CC(=N)C(C)(O)[Si](CC)(CC)CC.C=CC(=N)C(O)(CC)CC.C=CC(=N)C(O)C=C.C=CC(=NC(C)C)C(O)C=C.C=CC(=NC(C)C)C(O)[Si](CC)(CC)CC.C=CC(=NC)C(O)(CC)C(C)C.C=CC(=NC)C(O)(CC)CC. The second kappa shape index (κ2) is 63.3. The van der Waals surface area contributed by atoms with Crippen LogP contribution in [-0.2, 0) is 0 Å². The number of rotatable bonds is 40. The summed E-state index contributed by atoms with van der Waals surface area (Å²) in [6.45, 7) is 92.4. The second-order valence-corrected chi connectivity index (χ2v) is 45.6. The fraction of sp³-hybridized carbons (Fsp3) is 0.609. The third kappa shape index (κ3) is 46.1. The van der Waals surface area contributed by atoms with Crippen LogP contribution in [0.5, 0.6) is 0 Å². The van der Waals surface area contributed by atoms with E-state index in [1.165, 1.54) is 48.6 Å². The fourth-order valence-electron chi connectivity index (χ4n) is 9.89. The number of nitrogens with one attached hydrogen (secondary N) is 6. The van der Waals surface area contributed by atoms with Crippen LogP contribution < -0.4 is 0 Å². The predicted molar refractivity (Wildman–Crippen MR) is 496 cm³/mol. The van der Waals surface area contributed by atoms with Crippen LogP contribution in [0.2, 0.25) is 55.9 Å². The average Bonchev–Trinajstić information content (AvgIpc) is 0.788. The molecule has 0 heterocycles. The minimum atomic E-state index is -1.77. The molecule has 636 valence electrons. The first kappa shape index (κ1) is 125. The van der Waals surface area contributed by atoms with Crippen molar-refractivity contribution < 1.29 is 51.1 Å². The standard InChI is InChI=1S/C13H27NOSi.C11H23NOSi.C10H19NO.C9H17NO.C9H15NO.C8H17NOSi.C8H15NO.C7H13NO.C6H11NO.C6H9NO/c1-7-12(14-11(5)6)13(15)16(8-2,9-3)10-4;1-6-10(12)11(5,13)14(7-2,8-3)9-4;1-6-9(11-5)10(12,7-2)8(3)4;1-5-8(10-4)9(11,6-2)7-3;1-5-8(9(11)6-2)10-7(3)4;1-6-7(9)8(2,10)11(3,4)5;1-4-7(9)8(10,5-2)6-3;1-4-6(8)7(3,9)5-2;1-4-5(7)6(2,3)8;1-3-5(7)6(8)4-2/h7,11,13,15H,1,8-10H2,2-6H3;6,12-13H,1,7-9H2,2-5H3;6,8,12H,1,7H2,2-5H3;5,11H,1,6-7H2,2-4H3;5-7,9,11H,1-2H2,3-4H3;6,9-10H,1H2,2-5H3;4,9-10H,1,5-6H2,2-3H3;4,8-9H,1,5H2,2-3H3;4,7-8H,1H2,2-3H3;3-4,6-8H,1-2H2. The monoisotopic (exact) mass is 1600 g/mol. The average molecular weight is 1600 g/mol. The molecular weight excluding hydrogens is 1430 g/mol. The molecule has 0 aliphatic heterocycles. The maximum absolute atomic E-state index is 10.5. The van der Waals surface area contributed by atoms with Gasteiger partial charge in [0.1, 0.15) is 40.2 Å². The number of hydrogen-bond donors (Lipinski definition) is 16. The molecule has 0 aromatic carbocycles. The molecule has 0 aliphatic rings. The molecule has 20 nitrogen and oxygen atoms in total. The zero-order chi connectivity index (χ0) is 90.0. The maximum atomic E-state index is 10.5. The molecule has 110 heavy (non-hydrogen) atoms. The lowest BCUT2D eigenvalue weighted by molar-refractivity contribution is 0.0607. The van der Waals surface area contributed by atoms with E-state index in [2.05, 4.69) is 140 Å². The van der Waals surface area contributed by atoms with Gasteiger partial charge in [-0.1, -0.05) is 231 Å². The Labute approximate surface area is 675 Å². The molecule has 0 saturated carbocycles. The molecule has 0 radical (unpaired) electrons. The smallest absolute Gasteiger partial charge is 0.113 e.